The molecule has 1 heterocycles. The monoisotopic (exact) mass is 376 g/mol. The molecule has 0 aliphatic heterocycles. The lowest BCUT2D eigenvalue weighted by atomic mass is 9.78. The van der Waals surface area contributed by atoms with Crippen LogP contribution in [-0.4, -0.2) is 26.2 Å². The molecule has 130 valence electrons. The Morgan fingerprint density at radius 1 is 1.12 bits per heavy atom. The summed E-state index contributed by atoms with van der Waals surface area (Å²) in [4.78, 5) is 26.2. The lowest BCUT2D eigenvalue weighted by Gasteiger charge is -2.27. The van der Waals surface area contributed by atoms with E-state index in [4.69, 9.17) is 21.1 Å². The zero-order valence-electron chi connectivity index (χ0n) is 13.8. The van der Waals surface area contributed by atoms with Crippen LogP contribution in [0, 0.1) is 5.41 Å². The maximum atomic E-state index is 12.7. The van der Waals surface area contributed by atoms with Crippen molar-refractivity contribution in [2.75, 3.05) is 14.2 Å². The molecule has 2 aromatic rings. The highest BCUT2D eigenvalue weighted by Gasteiger charge is 2.56. The molecule has 3 rings (SSSR count). The maximum Gasteiger partial charge on any atom is 0.327 e. The lowest BCUT2D eigenvalue weighted by Crippen LogP contribution is -2.40. The minimum atomic E-state index is -1.46. The van der Waals surface area contributed by atoms with Crippen molar-refractivity contribution in [3.05, 3.63) is 63.3 Å². The Hall–Kier alpha value is -2.11. The molecule has 0 fully saturated rings. The molecule has 0 saturated carbocycles. The van der Waals surface area contributed by atoms with Crippen molar-refractivity contribution in [2.45, 2.75) is 12.3 Å². The maximum absolute atomic E-state index is 12.7. The van der Waals surface area contributed by atoms with Gasteiger partial charge in [0.25, 0.3) is 0 Å². The molecule has 1 aromatic carbocycles. The number of carbonyl (C=O) groups is 2. The molecule has 6 heteroatoms. The second-order valence-corrected chi connectivity index (χ2v) is 7.19. The third-order valence-corrected chi connectivity index (χ3v) is 5.66. The van der Waals surface area contributed by atoms with Gasteiger partial charge in [-0.3, -0.25) is 9.59 Å². The van der Waals surface area contributed by atoms with Crippen LogP contribution in [0.25, 0.3) is 5.57 Å². The number of methoxy groups -OCH3 is 2. The van der Waals surface area contributed by atoms with Gasteiger partial charge in [0.1, 0.15) is 0 Å². The van der Waals surface area contributed by atoms with E-state index in [9.17, 15) is 9.59 Å². The van der Waals surface area contributed by atoms with Crippen molar-refractivity contribution in [2.24, 2.45) is 5.41 Å². The van der Waals surface area contributed by atoms with Gasteiger partial charge in [-0.15, -0.1) is 11.3 Å². The van der Waals surface area contributed by atoms with Gasteiger partial charge in [-0.1, -0.05) is 35.9 Å². The summed E-state index contributed by atoms with van der Waals surface area (Å²) in [5, 5.41) is 2.54. The predicted octanol–water partition coefficient (Wildman–Crippen LogP) is 4.30. The highest BCUT2D eigenvalue weighted by Crippen LogP contribution is 2.53. The molecule has 0 radical (unpaired) electrons. The average molecular weight is 377 g/mol. The van der Waals surface area contributed by atoms with Crippen LogP contribution in [0.5, 0.6) is 0 Å². The van der Waals surface area contributed by atoms with Crippen molar-refractivity contribution >= 4 is 40.4 Å². The van der Waals surface area contributed by atoms with Crippen molar-refractivity contribution in [3.63, 3.8) is 0 Å². The number of hydrogen-bond acceptors (Lipinski definition) is 5. The molecule has 1 unspecified atom stereocenters. The van der Waals surface area contributed by atoms with E-state index in [1.165, 1.54) is 25.6 Å². The van der Waals surface area contributed by atoms with Crippen molar-refractivity contribution in [1.29, 1.82) is 0 Å². The number of carbonyl (C=O) groups excluding carboxylic acids is 2. The Labute approximate surface area is 155 Å². The van der Waals surface area contributed by atoms with Gasteiger partial charge in [0, 0.05) is 15.8 Å². The Morgan fingerprint density at radius 3 is 2.28 bits per heavy atom. The van der Waals surface area contributed by atoms with Crippen molar-refractivity contribution in [3.8, 4) is 0 Å². The lowest BCUT2D eigenvalue weighted by molar-refractivity contribution is -0.164. The fourth-order valence-corrected chi connectivity index (χ4v) is 4.26. The molecule has 0 spiro atoms. The highest BCUT2D eigenvalue weighted by atomic mass is 35.5. The van der Waals surface area contributed by atoms with Gasteiger partial charge in [-0.25, -0.2) is 0 Å². The minimum Gasteiger partial charge on any atom is -0.468 e. The van der Waals surface area contributed by atoms with Crippen LogP contribution in [0.4, 0.5) is 0 Å². The second-order valence-electron chi connectivity index (χ2n) is 5.81. The SMILES string of the molecule is COC(=O)C1(C(=O)OC)CC(c2ccc(Cl)cc2)C=C1c1cccs1. The van der Waals surface area contributed by atoms with Gasteiger partial charge in [-0.2, -0.15) is 0 Å². The van der Waals surface area contributed by atoms with E-state index < -0.39 is 17.4 Å². The molecule has 0 N–H and O–H groups in total. The van der Waals surface area contributed by atoms with E-state index in [-0.39, 0.29) is 12.3 Å². The van der Waals surface area contributed by atoms with Crippen molar-refractivity contribution < 1.29 is 19.1 Å². The number of hydrogen-bond donors (Lipinski definition) is 0. The number of benzene rings is 1. The van der Waals surface area contributed by atoms with E-state index >= 15 is 0 Å². The fraction of sp³-hybridized carbons (Fsp3) is 0.263. The Balaban J connectivity index is 2.14. The summed E-state index contributed by atoms with van der Waals surface area (Å²) in [7, 11) is 2.57. The number of allylic oxidation sites excluding steroid dienone is 1. The molecule has 0 bridgehead atoms. The van der Waals surface area contributed by atoms with E-state index in [2.05, 4.69) is 0 Å². The van der Waals surface area contributed by atoms with Crippen molar-refractivity contribution in [1.82, 2.24) is 0 Å². The van der Waals surface area contributed by atoms with Gasteiger partial charge in [0.15, 0.2) is 5.41 Å². The zero-order chi connectivity index (χ0) is 18.0. The smallest absolute Gasteiger partial charge is 0.327 e. The van der Waals surface area contributed by atoms with E-state index in [0.29, 0.717) is 10.6 Å². The molecule has 4 nitrogen and oxygen atoms in total. The van der Waals surface area contributed by atoms with E-state index in [1.54, 1.807) is 12.1 Å². The topological polar surface area (TPSA) is 52.6 Å². The number of halogens is 1. The molecule has 0 amide bonds. The van der Waals surface area contributed by atoms with Crippen LogP contribution in [0.15, 0.2) is 47.9 Å². The summed E-state index contributed by atoms with van der Waals surface area (Å²) in [6.45, 7) is 0. The molecular weight excluding hydrogens is 360 g/mol. The molecule has 0 saturated heterocycles. The molecular formula is C19H17ClO4S. The van der Waals surface area contributed by atoms with Gasteiger partial charge < -0.3 is 9.47 Å². The van der Waals surface area contributed by atoms with Gasteiger partial charge in [-0.05, 0) is 41.1 Å². The largest absolute Gasteiger partial charge is 0.468 e. The summed E-state index contributed by atoms with van der Waals surface area (Å²) in [5.41, 5.74) is 0.160. The first kappa shape index (κ1) is 17.7. The van der Waals surface area contributed by atoms with Crippen LogP contribution in [0.2, 0.25) is 5.02 Å². The first-order valence-electron chi connectivity index (χ1n) is 7.71. The predicted molar refractivity (Wildman–Crippen MR) is 97.6 cm³/mol. The normalized spacial score (nSPS) is 18.5. The summed E-state index contributed by atoms with van der Waals surface area (Å²) < 4.78 is 9.99. The summed E-state index contributed by atoms with van der Waals surface area (Å²) in [6, 6.07) is 11.2. The quantitative estimate of drug-likeness (QED) is 0.589. The first-order valence-corrected chi connectivity index (χ1v) is 8.97. The molecule has 1 aliphatic rings. The standard InChI is InChI=1S/C19H17ClO4S/c1-23-17(21)19(18(22)24-2)11-13(12-5-7-14(20)8-6-12)10-15(19)16-4-3-9-25-16/h3-10,13H,11H2,1-2H3. The van der Waals surface area contributed by atoms with Gasteiger partial charge in [0.2, 0.25) is 0 Å². The van der Waals surface area contributed by atoms with Crippen LogP contribution in [0.3, 0.4) is 0 Å². The van der Waals surface area contributed by atoms with Gasteiger partial charge >= 0.3 is 11.9 Å². The minimum absolute atomic E-state index is 0.118. The Kier molecular flexibility index (Phi) is 4.97. The van der Waals surface area contributed by atoms with Crippen LogP contribution >= 0.6 is 22.9 Å². The number of esters is 2. The zero-order valence-corrected chi connectivity index (χ0v) is 15.4. The van der Waals surface area contributed by atoms with Crippen LogP contribution in [-0.2, 0) is 19.1 Å². The Morgan fingerprint density at radius 2 is 1.76 bits per heavy atom. The molecule has 1 aliphatic carbocycles. The fourth-order valence-electron chi connectivity index (χ4n) is 3.31. The summed E-state index contributed by atoms with van der Waals surface area (Å²) in [6.07, 6.45) is 2.23. The number of rotatable bonds is 4. The molecule has 1 aromatic heterocycles. The van der Waals surface area contributed by atoms with E-state index in [0.717, 1.165) is 10.4 Å². The third-order valence-electron chi connectivity index (χ3n) is 4.51. The number of ether oxygens (including phenoxy) is 2. The second kappa shape index (κ2) is 7.02. The first-order chi connectivity index (χ1) is 12.0. The van der Waals surface area contributed by atoms with Gasteiger partial charge in [0.05, 0.1) is 14.2 Å². The average Bonchev–Trinajstić information content (AvgIpc) is 3.29. The third kappa shape index (κ3) is 2.98. The number of thiophene rings is 1. The molecule has 25 heavy (non-hydrogen) atoms. The summed E-state index contributed by atoms with van der Waals surface area (Å²) >= 11 is 7.44. The Bertz CT molecular complexity index is 792. The van der Waals surface area contributed by atoms with Crippen LogP contribution in [0.1, 0.15) is 22.8 Å². The summed E-state index contributed by atoms with van der Waals surface area (Å²) in [5.74, 6) is -1.32. The molecule has 1 atom stereocenters. The van der Waals surface area contributed by atoms with E-state index in [1.807, 2.05) is 35.7 Å². The van der Waals surface area contributed by atoms with Crippen LogP contribution < -0.4 is 0 Å². The highest BCUT2D eigenvalue weighted by molar-refractivity contribution is 7.11.